The molecule has 0 bridgehead atoms. The van der Waals surface area contributed by atoms with Gasteiger partial charge in [0.1, 0.15) is 0 Å². The quantitative estimate of drug-likeness (QED) is 0.845. The van der Waals surface area contributed by atoms with Crippen molar-refractivity contribution in [3.8, 4) is 23.0 Å². The average molecular weight is 385 g/mol. The Balaban J connectivity index is 1.80. The molecule has 0 radical (unpaired) electrons. The van der Waals surface area contributed by atoms with Crippen molar-refractivity contribution < 1.29 is 33.6 Å². The first-order valence-electron chi connectivity index (χ1n) is 8.70. The topological polar surface area (TPSA) is 94.5 Å². The Hall–Kier alpha value is -3.42. The van der Waals surface area contributed by atoms with E-state index in [1.165, 1.54) is 19.1 Å². The highest BCUT2D eigenvalue weighted by molar-refractivity contribution is 6.00. The Morgan fingerprint density at radius 1 is 1.07 bits per heavy atom. The number of carboxylic acid groups (broad SMARTS) is 1. The minimum absolute atomic E-state index is 0.0945. The van der Waals surface area contributed by atoms with Crippen LogP contribution in [0.5, 0.6) is 23.0 Å². The first-order chi connectivity index (χ1) is 13.5. The van der Waals surface area contributed by atoms with E-state index in [-0.39, 0.29) is 19.1 Å². The molecule has 2 aliphatic heterocycles. The highest BCUT2D eigenvalue weighted by atomic mass is 16.7. The number of hydrogen-bond acceptors (Lipinski definition) is 6. The number of nitrogens with zero attached hydrogens (tertiary/aromatic N) is 1. The number of fused-ring (bicyclic) bond motifs is 1. The Morgan fingerprint density at radius 2 is 1.82 bits per heavy atom. The zero-order chi connectivity index (χ0) is 19.8. The van der Waals surface area contributed by atoms with Crippen LogP contribution in [-0.2, 0) is 9.59 Å². The van der Waals surface area contributed by atoms with Gasteiger partial charge in [0.25, 0.3) is 0 Å². The van der Waals surface area contributed by atoms with Crippen molar-refractivity contribution in [3.05, 3.63) is 42.0 Å². The van der Waals surface area contributed by atoms with E-state index < -0.39 is 17.9 Å². The normalized spacial score (nSPS) is 20.4. The number of amides is 1. The summed E-state index contributed by atoms with van der Waals surface area (Å²) in [6.45, 7) is 0.115. The summed E-state index contributed by atoms with van der Waals surface area (Å²) in [6, 6.07) is 9.60. The van der Waals surface area contributed by atoms with Crippen molar-refractivity contribution in [1.82, 2.24) is 0 Å². The van der Waals surface area contributed by atoms with Gasteiger partial charge in [0, 0.05) is 18.2 Å². The lowest BCUT2D eigenvalue weighted by Crippen LogP contribution is -2.30. The summed E-state index contributed by atoms with van der Waals surface area (Å²) < 4.78 is 21.3. The minimum Gasteiger partial charge on any atom is -0.493 e. The van der Waals surface area contributed by atoms with Gasteiger partial charge in [0.15, 0.2) is 23.0 Å². The molecule has 2 aromatic carbocycles. The number of hydrogen-bond donors (Lipinski definition) is 1. The fourth-order valence-corrected chi connectivity index (χ4v) is 3.71. The molecule has 2 heterocycles. The van der Waals surface area contributed by atoms with Gasteiger partial charge in [-0.15, -0.1) is 0 Å². The highest BCUT2D eigenvalue weighted by Crippen LogP contribution is 2.45. The maximum Gasteiger partial charge on any atom is 0.309 e. The van der Waals surface area contributed by atoms with E-state index in [4.69, 9.17) is 18.9 Å². The third kappa shape index (κ3) is 2.87. The lowest BCUT2D eigenvalue weighted by molar-refractivity contribution is -0.142. The number of methoxy groups -OCH3 is 2. The Bertz CT molecular complexity index is 942. The van der Waals surface area contributed by atoms with Crippen LogP contribution >= 0.6 is 0 Å². The number of benzene rings is 2. The van der Waals surface area contributed by atoms with Gasteiger partial charge in [-0.3, -0.25) is 9.59 Å². The van der Waals surface area contributed by atoms with Gasteiger partial charge in [-0.25, -0.2) is 0 Å². The standard InChI is InChI=1S/C20H19NO7/c1-25-14-5-3-11(7-16(14)26-2)19-13(20(23)24)9-18(22)21(19)12-4-6-15-17(8-12)28-10-27-15/h3-8,13,19H,9-10H2,1-2H3,(H,23,24). The molecule has 1 fully saturated rings. The fraction of sp³-hybridized carbons (Fsp3) is 0.300. The van der Waals surface area contributed by atoms with Crippen LogP contribution in [-0.4, -0.2) is 38.0 Å². The molecular formula is C20H19NO7. The molecule has 1 N–H and O–H groups in total. The molecule has 1 amide bonds. The van der Waals surface area contributed by atoms with Gasteiger partial charge in [-0.2, -0.15) is 0 Å². The molecule has 4 rings (SSSR count). The summed E-state index contributed by atoms with van der Waals surface area (Å²) in [6.07, 6.45) is -0.0945. The van der Waals surface area contributed by atoms with Crippen molar-refractivity contribution in [3.63, 3.8) is 0 Å². The molecular weight excluding hydrogens is 366 g/mol. The molecule has 28 heavy (non-hydrogen) atoms. The third-order valence-corrected chi connectivity index (χ3v) is 5.02. The molecule has 0 saturated carbocycles. The smallest absolute Gasteiger partial charge is 0.309 e. The van der Waals surface area contributed by atoms with Crippen LogP contribution in [0.15, 0.2) is 36.4 Å². The van der Waals surface area contributed by atoms with Crippen molar-refractivity contribution in [2.75, 3.05) is 25.9 Å². The van der Waals surface area contributed by atoms with E-state index in [9.17, 15) is 14.7 Å². The molecule has 0 aromatic heterocycles. The van der Waals surface area contributed by atoms with Crippen molar-refractivity contribution in [1.29, 1.82) is 0 Å². The molecule has 1 saturated heterocycles. The lowest BCUT2D eigenvalue weighted by atomic mass is 9.93. The first kappa shape index (κ1) is 18.0. The largest absolute Gasteiger partial charge is 0.493 e. The fourth-order valence-electron chi connectivity index (χ4n) is 3.71. The number of carbonyl (C=O) groups excluding carboxylic acids is 1. The summed E-state index contributed by atoms with van der Waals surface area (Å²) in [5.74, 6) is -0.0901. The van der Waals surface area contributed by atoms with Gasteiger partial charge in [-0.1, -0.05) is 6.07 Å². The summed E-state index contributed by atoms with van der Waals surface area (Å²) >= 11 is 0. The zero-order valence-corrected chi connectivity index (χ0v) is 15.4. The number of carboxylic acids is 1. The first-order valence-corrected chi connectivity index (χ1v) is 8.70. The van der Waals surface area contributed by atoms with Crippen LogP contribution in [0.25, 0.3) is 0 Å². The number of ether oxygens (including phenoxy) is 4. The highest BCUT2D eigenvalue weighted by Gasteiger charge is 2.46. The van der Waals surface area contributed by atoms with Crippen LogP contribution < -0.4 is 23.8 Å². The number of rotatable bonds is 5. The predicted octanol–water partition coefficient (Wildman–Crippen LogP) is 2.61. The van der Waals surface area contributed by atoms with E-state index in [1.54, 1.807) is 36.4 Å². The van der Waals surface area contributed by atoms with E-state index in [1.807, 2.05) is 0 Å². The summed E-state index contributed by atoms with van der Waals surface area (Å²) in [7, 11) is 3.03. The van der Waals surface area contributed by atoms with Crippen LogP contribution in [0.2, 0.25) is 0 Å². The number of aliphatic carboxylic acids is 1. The predicted molar refractivity (Wildman–Crippen MR) is 98.1 cm³/mol. The van der Waals surface area contributed by atoms with Crippen LogP contribution in [0.1, 0.15) is 18.0 Å². The molecule has 8 nitrogen and oxygen atoms in total. The van der Waals surface area contributed by atoms with Crippen LogP contribution in [0.4, 0.5) is 5.69 Å². The number of carbonyl (C=O) groups is 2. The zero-order valence-electron chi connectivity index (χ0n) is 15.4. The number of anilines is 1. The maximum atomic E-state index is 12.8. The molecule has 2 aliphatic rings. The monoisotopic (exact) mass is 385 g/mol. The summed E-state index contributed by atoms with van der Waals surface area (Å²) in [5, 5.41) is 9.73. The van der Waals surface area contributed by atoms with Gasteiger partial charge in [0.2, 0.25) is 12.7 Å². The van der Waals surface area contributed by atoms with E-state index in [0.717, 1.165) is 0 Å². The van der Waals surface area contributed by atoms with Crippen LogP contribution in [0.3, 0.4) is 0 Å². The molecule has 146 valence electrons. The Morgan fingerprint density at radius 3 is 2.54 bits per heavy atom. The van der Waals surface area contributed by atoms with Crippen molar-refractivity contribution >= 4 is 17.6 Å². The van der Waals surface area contributed by atoms with Crippen molar-refractivity contribution in [2.45, 2.75) is 12.5 Å². The molecule has 2 atom stereocenters. The van der Waals surface area contributed by atoms with Crippen LogP contribution in [0, 0.1) is 5.92 Å². The van der Waals surface area contributed by atoms with E-state index >= 15 is 0 Å². The minimum atomic E-state index is -1.03. The molecule has 8 heteroatoms. The van der Waals surface area contributed by atoms with E-state index in [2.05, 4.69) is 0 Å². The maximum absolute atomic E-state index is 12.8. The third-order valence-electron chi connectivity index (χ3n) is 5.02. The van der Waals surface area contributed by atoms with Gasteiger partial charge in [0.05, 0.1) is 26.2 Å². The molecule has 0 aliphatic carbocycles. The molecule has 2 aromatic rings. The van der Waals surface area contributed by atoms with Crippen molar-refractivity contribution in [2.24, 2.45) is 5.92 Å². The molecule has 0 spiro atoms. The summed E-state index contributed by atoms with van der Waals surface area (Å²) in [5.41, 5.74) is 1.20. The Kier molecular flexibility index (Phi) is 4.46. The Labute approximate surface area is 161 Å². The SMILES string of the molecule is COc1ccc(C2C(C(=O)O)CC(=O)N2c2ccc3c(c2)OCO3)cc1OC. The second-order valence-electron chi connectivity index (χ2n) is 6.51. The molecule has 2 unspecified atom stereocenters. The van der Waals surface area contributed by atoms with Gasteiger partial charge < -0.3 is 29.0 Å². The van der Waals surface area contributed by atoms with Gasteiger partial charge >= 0.3 is 5.97 Å². The lowest BCUT2D eigenvalue weighted by Gasteiger charge is -2.28. The second-order valence-corrected chi connectivity index (χ2v) is 6.51. The second kappa shape index (κ2) is 6.95. The van der Waals surface area contributed by atoms with E-state index in [0.29, 0.717) is 34.2 Å². The van der Waals surface area contributed by atoms with Gasteiger partial charge in [-0.05, 0) is 29.8 Å². The average Bonchev–Trinajstić information content (AvgIpc) is 3.30. The summed E-state index contributed by atoms with van der Waals surface area (Å²) in [4.78, 5) is 26.2.